The number of rotatable bonds is 5. The van der Waals surface area contributed by atoms with E-state index < -0.39 is 11.9 Å². The summed E-state index contributed by atoms with van der Waals surface area (Å²) < 4.78 is 0. The SMILES string of the molecule is CC(C)C(=O)Nc1cccc(NC(=O)c2ccccc2C(=O)O)c1. The lowest BCUT2D eigenvalue weighted by molar-refractivity contribution is -0.118. The van der Waals surface area contributed by atoms with Gasteiger partial charge >= 0.3 is 5.97 Å². The van der Waals surface area contributed by atoms with E-state index in [1.165, 1.54) is 12.1 Å². The molecule has 0 aliphatic rings. The molecule has 0 fully saturated rings. The third-order valence-electron chi connectivity index (χ3n) is 3.31. The summed E-state index contributed by atoms with van der Waals surface area (Å²) in [5, 5.41) is 14.5. The molecule has 0 atom stereocenters. The van der Waals surface area contributed by atoms with Gasteiger partial charge in [-0.15, -0.1) is 0 Å². The summed E-state index contributed by atoms with van der Waals surface area (Å²) >= 11 is 0. The Morgan fingerprint density at radius 2 is 1.46 bits per heavy atom. The Bertz CT molecular complexity index is 784. The summed E-state index contributed by atoms with van der Waals surface area (Å²) in [6, 6.07) is 12.6. The van der Waals surface area contributed by atoms with Crippen molar-refractivity contribution in [3.63, 3.8) is 0 Å². The predicted octanol–water partition coefficient (Wildman–Crippen LogP) is 3.23. The molecule has 0 heterocycles. The Labute approximate surface area is 139 Å². The second kappa shape index (κ2) is 7.41. The molecule has 2 amide bonds. The number of hydrogen-bond donors (Lipinski definition) is 3. The molecule has 6 nitrogen and oxygen atoms in total. The quantitative estimate of drug-likeness (QED) is 0.786. The fourth-order valence-electron chi connectivity index (χ4n) is 2.03. The van der Waals surface area contributed by atoms with Crippen LogP contribution in [0.2, 0.25) is 0 Å². The van der Waals surface area contributed by atoms with Crippen LogP contribution in [-0.2, 0) is 4.79 Å². The van der Waals surface area contributed by atoms with Crippen LogP contribution in [0.15, 0.2) is 48.5 Å². The molecule has 124 valence electrons. The van der Waals surface area contributed by atoms with Gasteiger partial charge in [0.1, 0.15) is 0 Å². The fourth-order valence-corrected chi connectivity index (χ4v) is 2.03. The number of benzene rings is 2. The van der Waals surface area contributed by atoms with Crippen LogP contribution in [0, 0.1) is 5.92 Å². The molecule has 0 aliphatic heterocycles. The molecule has 24 heavy (non-hydrogen) atoms. The maximum absolute atomic E-state index is 12.3. The topological polar surface area (TPSA) is 95.5 Å². The van der Waals surface area contributed by atoms with Crippen LogP contribution in [0.5, 0.6) is 0 Å². The van der Waals surface area contributed by atoms with Crippen molar-refractivity contribution in [3.8, 4) is 0 Å². The van der Waals surface area contributed by atoms with Gasteiger partial charge in [0.15, 0.2) is 0 Å². The predicted molar refractivity (Wildman–Crippen MR) is 91.3 cm³/mol. The molecule has 0 radical (unpaired) electrons. The molecular formula is C18H18N2O4. The normalized spacial score (nSPS) is 10.3. The smallest absolute Gasteiger partial charge is 0.336 e. The first kappa shape index (κ1) is 17.2. The number of hydrogen-bond acceptors (Lipinski definition) is 3. The number of carbonyl (C=O) groups is 3. The number of aromatic carboxylic acids is 1. The van der Waals surface area contributed by atoms with E-state index in [0.29, 0.717) is 11.4 Å². The van der Waals surface area contributed by atoms with Gasteiger partial charge in [-0.2, -0.15) is 0 Å². The Morgan fingerprint density at radius 3 is 2.04 bits per heavy atom. The minimum atomic E-state index is -1.17. The van der Waals surface area contributed by atoms with Crippen LogP contribution >= 0.6 is 0 Å². The monoisotopic (exact) mass is 326 g/mol. The highest BCUT2D eigenvalue weighted by Gasteiger charge is 2.16. The van der Waals surface area contributed by atoms with E-state index in [2.05, 4.69) is 10.6 Å². The molecule has 0 saturated carbocycles. The molecule has 0 unspecified atom stereocenters. The summed E-state index contributed by atoms with van der Waals surface area (Å²) in [5.41, 5.74) is 1.01. The molecule has 0 spiro atoms. The average molecular weight is 326 g/mol. The zero-order valence-corrected chi connectivity index (χ0v) is 13.4. The van der Waals surface area contributed by atoms with Crippen LogP contribution in [0.4, 0.5) is 11.4 Å². The third-order valence-corrected chi connectivity index (χ3v) is 3.31. The highest BCUT2D eigenvalue weighted by molar-refractivity contribution is 6.10. The fraction of sp³-hybridized carbons (Fsp3) is 0.167. The van der Waals surface area contributed by atoms with E-state index in [-0.39, 0.29) is 23.0 Å². The van der Waals surface area contributed by atoms with Crippen molar-refractivity contribution >= 4 is 29.2 Å². The van der Waals surface area contributed by atoms with Crippen molar-refractivity contribution < 1.29 is 19.5 Å². The second-order valence-corrected chi connectivity index (χ2v) is 5.53. The van der Waals surface area contributed by atoms with Crippen LogP contribution in [-0.4, -0.2) is 22.9 Å². The molecule has 0 aliphatic carbocycles. The van der Waals surface area contributed by atoms with E-state index in [0.717, 1.165) is 0 Å². The van der Waals surface area contributed by atoms with Gasteiger partial charge in [-0.05, 0) is 30.3 Å². The lowest BCUT2D eigenvalue weighted by Crippen LogP contribution is -2.18. The molecule has 2 aromatic carbocycles. The van der Waals surface area contributed by atoms with Crippen LogP contribution in [0.3, 0.4) is 0 Å². The van der Waals surface area contributed by atoms with Gasteiger partial charge in [-0.3, -0.25) is 9.59 Å². The van der Waals surface area contributed by atoms with Crippen LogP contribution in [0.25, 0.3) is 0 Å². The van der Waals surface area contributed by atoms with Gasteiger partial charge in [0.2, 0.25) is 5.91 Å². The van der Waals surface area contributed by atoms with E-state index in [1.54, 1.807) is 50.2 Å². The maximum atomic E-state index is 12.3. The summed E-state index contributed by atoms with van der Waals surface area (Å²) in [6.45, 7) is 3.56. The molecular weight excluding hydrogens is 308 g/mol. The van der Waals surface area contributed by atoms with Crippen molar-refractivity contribution in [1.82, 2.24) is 0 Å². The lowest BCUT2D eigenvalue weighted by atomic mass is 10.1. The highest BCUT2D eigenvalue weighted by atomic mass is 16.4. The van der Waals surface area contributed by atoms with Crippen LogP contribution < -0.4 is 10.6 Å². The summed E-state index contributed by atoms with van der Waals surface area (Å²) in [5.74, 6) is -1.99. The van der Waals surface area contributed by atoms with E-state index in [1.807, 2.05) is 0 Å². The van der Waals surface area contributed by atoms with Gasteiger partial charge in [0.25, 0.3) is 5.91 Å². The third kappa shape index (κ3) is 4.19. The maximum Gasteiger partial charge on any atom is 0.336 e. The molecule has 0 aromatic heterocycles. The lowest BCUT2D eigenvalue weighted by Gasteiger charge is -2.11. The Morgan fingerprint density at radius 1 is 0.875 bits per heavy atom. The Kier molecular flexibility index (Phi) is 5.31. The zero-order valence-electron chi connectivity index (χ0n) is 13.4. The number of amides is 2. The summed E-state index contributed by atoms with van der Waals surface area (Å²) in [4.78, 5) is 35.2. The first-order chi connectivity index (χ1) is 11.4. The van der Waals surface area contributed by atoms with Gasteiger partial charge in [0.05, 0.1) is 11.1 Å². The number of nitrogens with one attached hydrogen (secondary N) is 2. The van der Waals surface area contributed by atoms with E-state index in [9.17, 15) is 14.4 Å². The number of carboxylic acid groups (broad SMARTS) is 1. The molecule has 6 heteroatoms. The van der Waals surface area contributed by atoms with Gasteiger partial charge < -0.3 is 15.7 Å². The molecule has 0 bridgehead atoms. The van der Waals surface area contributed by atoms with Gasteiger partial charge in [0, 0.05) is 17.3 Å². The first-order valence-electron chi connectivity index (χ1n) is 7.43. The van der Waals surface area contributed by atoms with Crippen molar-refractivity contribution in [1.29, 1.82) is 0 Å². The van der Waals surface area contributed by atoms with Crippen molar-refractivity contribution in [2.75, 3.05) is 10.6 Å². The Balaban J connectivity index is 2.18. The van der Waals surface area contributed by atoms with E-state index in [4.69, 9.17) is 5.11 Å². The minimum absolute atomic E-state index is 0.0701. The minimum Gasteiger partial charge on any atom is -0.478 e. The molecule has 0 saturated heterocycles. The molecule has 2 rings (SSSR count). The Hall–Kier alpha value is -3.15. The summed E-state index contributed by atoms with van der Waals surface area (Å²) in [7, 11) is 0. The first-order valence-corrected chi connectivity index (χ1v) is 7.43. The van der Waals surface area contributed by atoms with Crippen molar-refractivity contribution in [3.05, 3.63) is 59.7 Å². The largest absolute Gasteiger partial charge is 0.478 e. The number of anilines is 2. The van der Waals surface area contributed by atoms with Gasteiger partial charge in [-0.25, -0.2) is 4.79 Å². The zero-order chi connectivity index (χ0) is 17.7. The molecule has 2 aromatic rings. The highest BCUT2D eigenvalue weighted by Crippen LogP contribution is 2.18. The summed E-state index contributed by atoms with van der Waals surface area (Å²) in [6.07, 6.45) is 0. The number of carbonyl (C=O) groups excluding carboxylic acids is 2. The van der Waals surface area contributed by atoms with Crippen molar-refractivity contribution in [2.45, 2.75) is 13.8 Å². The van der Waals surface area contributed by atoms with Gasteiger partial charge in [-0.1, -0.05) is 32.0 Å². The second-order valence-electron chi connectivity index (χ2n) is 5.53. The average Bonchev–Trinajstić information content (AvgIpc) is 2.55. The van der Waals surface area contributed by atoms with E-state index >= 15 is 0 Å². The van der Waals surface area contributed by atoms with Crippen LogP contribution in [0.1, 0.15) is 34.6 Å². The number of carboxylic acids is 1. The van der Waals surface area contributed by atoms with Crippen molar-refractivity contribution in [2.24, 2.45) is 5.92 Å². The standard InChI is InChI=1S/C18H18N2O4/c1-11(2)16(21)19-12-6-5-7-13(10-12)20-17(22)14-8-3-4-9-15(14)18(23)24/h3-11H,1-2H3,(H,19,21)(H,20,22)(H,23,24). The molecule has 3 N–H and O–H groups in total.